The summed E-state index contributed by atoms with van der Waals surface area (Å²) in [4.78, 5) is 20.9. The number of hydrogen-bond acceptors (Lipinski definition) is 5. The zero-order chi connectivity index (χ0) is 24.6. The number of halogens is 3. The van der Waals surface area contributed by atoms with Crippen LogP contribution in [0.1, 0.15) is 73.2 Å². The van der Waals surface area contributed by atoms with E-state index in [0.717, 1.165) is 68.7 Å². The standard InChI is InChI=1S/C25H26F3N5OS/c26-25(27,28)18-10-11-20-19(14-18)30-23(16-6-2-1-3-7-16)32(20)12-4-8-17-15-33(21-9-5-13-35-21)24(34)31-22(17)29/h10-11,14-16,21H,1-3,5-7,9,12-13H2,(H2,29,31,34). The fourth-order valence-electron chi connectivity index (χ4n) is 4.94. The van der Waals surface area contributed by atoms with Gasteiger partial charge in [0.2, 0.25) is 0 Å². The minimum absolute atomic E-state index is 0.0366. The Labute approximate surface area is 205 Å². The lowest BCUT2D eigenvalue weighted by molar-refractivity contribution is -0.137. The first-order valence-corrected chi connectivity index (χ1v) is 12.9. The predicted molar refractivity (Wildman–Crippen MR) is 131 cm³/mol. The van der Waals surface area contributed by atoms with Gasteiger partial charge in [0.1, 0.15) is 11.6 Å². The van der Waals surface area contributed by atoms with Gasteiger partial charge < -0.3 is 10.3 Å². The zero-order valence-corrected chi connectivity index (χ0v) is 20.0. The van der Waals surface area contributed by atoms with Gasteiger partial charge in [-0.2, -0.15) is 18.2 Å². The van der Waals surface area contributed by atoms with Crippen LogP contribution in [0.25, 0.3) is 11.0 Å². The van der Waals surface area contributed by atoms with Crippen molar-refractivity contribution in [1.29, 1.82) is 0 Å². The van der Waals surface area contributed by atoms with Crippen molar-refractivity contribution in [3.8, 4) is 11.8 Å². The van der Waals surface area contributed by atoms with E-state index in [0.29, 0.717) is 16.6 Å². The molecule has 2 N–H and O–H groups in total. The fourth-order valence-corrected chi connectivity index (χ4v) is 6.19. The van der Waals surface area contributed by atoms with E-state index in [1.807, 2.05) is 4.57 Å². The largest absolute Gasteiger partial charge is 0.416 e. The maximum absolute atomic E-state index is 13.3. The summed E-state index contributed by atoms with van der Waals surface area (Å²) in [5.41, 5.74) is 6.33. The van der Waals surface area contributed by atoms with Crippen molar-refractivity contribution in [2.24, 2.45) is 0 Å². The molecule has 1 atom stereocenters. The van der Waals surface area contributed by atoms with Crippen molar-refractivity contribution in [2.75, 3.05) is 11.5 Å². The van der Waals surface area contributed by atoms with Gasteiger partial charge in [-0.25, -0.2) is 9.78 Å². The summed E-state index contributed by atoms with van der Waals surface area (Å²) in [6.07, 6.45) is 4.43. The number of rotatable bonds is 3. The molecule has 3 aromatic rings. The van der Waals surface area contributed by atoms with Crippen molar-refractivity contribution in [3.05, 3.63) is 51.8 Å². The molecule has 2 aromatic heterocycles. The topological polar surface area (TPSA) is 78.7 Å². The van der Waals surface area contributed by atoms with Crippen LogP contribution < -0.4 is 11.4 Å². The molecule has 1 saturated carbocycles. The minimum Gasteiger partial charge on any atom is -0.382 e. The van der Waals surface area contributed by atoms with Crippen LogP contribution in [-0.2, 0) is 12.7 Å². The van der Waals surface area contributed by atoms with E-state index < -0.39 is 11.7 Å². The zero-order valence-electron chi connectivity index (χ0n) is 19.1. The number of nitrogen functional groups attached to an aromatic ring is 1. The number of alkyl halides is 3. The molecule has 1 aromatic carbocycles. The number of aromatic nitrogens is 4. The third-order valence-corrected chi connectivity index (χ3v) is 8.10. The van der Waals surface area contributed by atoms with Gasteiger partial charge in [0.25, 0.3) is 0 Å². The first-order chi connectivity index (χ1) is 16.8. The molecular weight excluding hydrogens is 475 g/mol. The molecule has 1 aliphatic heterocycles. The van der Waals surface area contributed by atoms with Crippen molar-refractivity contribution < 1.29 is 13.2 Å². The quantitative estimate of drug-likeness (QED) is 0.492. The summed E-state index contributed by atoms with van der Waals surface area (Å²) >= 11 is 1.71. The van der Waals surface area contributed by atoms with Crippen LogP contribution in [0.4, 0.5) is 19.0 Å². The van der Waals surface area contributed by atoms with Gasteiger partial charge in [-0.15, -0.1) is 11.8 Å². The molecule has 3 heterocycles. The summed E-state index contributed by atoms with van der Waals surface area (Å²) in [6, 6.07) is 3.69. The lowest BCUT2D eigenvalue weighted by atomic mass is 9.88. The van der Waals surface area contributed by atoms with Gasteiger partial charge in [-0.05, 0) is 49.6 Å². The van der Waals surface area contributed by atoms with Gasteiger partial charge in [0.05, 0.1) is 34.1 Å². The summed E-state index contributed by atoms with van der Waals surface area (Å²) in [5, 5.41) is 0.0366. The Morgan fingerprint density at radius 2 is 1.91 bits per heavy atom. The van der Waals surface area contributed by atoms with E-state index in [1.54, 1.807) is 22.5 Å². The first-order valence-electron chi connectivity index (χ1n) is 11.9. The van der Waals surface area contributed by atoms with E-state index in [-0.39, 0.29) is 29.3 Å². The maximum atomic E-state index is 13.3. The number of nitrogens with zero attached hydrogens (tertiary/aromatic N) is 4. The normalized spacial score (nSPS) is 19.1. The number of thioether (sulfide) groups is 1. The Balaban J connectivity index is 1.51. The van der Waals surface area contributed by atoms with Crippen LogP contribution >= 0.6 is 11.8 Å². The molecular formula is C25H26F3N5OS. The predicted octanol–water partition coefficient (Wildman–Crippen LogP) is 5.32. The molecule has 1 saturated heterocycles. The number of nitrogens with two attached hydrogens (primary N) is 1. The van der Waals surface area contributed by atoms with Crippen LogP contribution in [0, 0.1) is 11.8 Å². The van der Waals surface area contributed by atoms with Gasteiger partial charge in [-0.3, -0.25) is 4.57 Å². The molecule has 1 aliphatic carbocycles. The van der Waals surface area contributed by atoms with E-state index in [9.17, 15) is 18.0 Å². The van der Waals surface area contributed by atoms with E-state index in [2.05, 4.69) is 21.8 Å². The Morgan fingerprint density at radius 1 is 1.11 bits per heavy atom. The second-order valence-electron chi connectivity index (χ2n) is 9.09. The lowest BCUT2D eigenvalue weighted by Gasteiger charge is -2.21. The number of imidazole rings is 1. The maximum Gasteiger partial charge on any atom is 0.416 e. The van der Waals surface area contributed by atoms with Crippen LogP contribution in [0.3, 0.4) is 0 Å². The SMILES string of the molecule is Nc1nc(=O)n(C2CCCS2)cc1C#CCn1c(C2CCCCC2)nc2cc(C(F)(F)F)ccc21. The lowest BCUT2D eigenvalue weighted by Crippen LogP contribution is -2.26. The smallest absolute Gasteiger partial charge is 0.382 e. The monoisotopic (exact) mass is 501 g/mol. The van der Waals surface area contributed by atoms with Crippen LogP contribution in [0.2, 0.25) is 0 Å². The van der Waals surface area contributed by atoms with Gasteiger partial charge >= 0.3 is 11.9 Å². The van der Waals surface area contributed by atoms with Crippen LogP contribution in [-0.4, -0.2) is 24.9 Å². The Kier molecular flexibility index (Phi) is 6.53. The third-order valence-electron chi connectivity index (χ3n) is 6.73. The number of benzene rings is 1. The highest BCUT2D eigenvalue weighted by Gasteiger charge is 2.31. The summed E-state index contributed by atoms with van der Waals surface area (Å²) < 4.78 is 43.4. The molecule has 6 nitrogen and oxygen atoms in total. The summed E-state index contributed by atoms with van der Waals surface area (Å²) in [6.45, 7) is 0.254. The summed E-state index contributed by atoms with van der Waals surface area (Å²) in [5.74, 6) is 8.20. The van der Waals surface area contributed by atoms with Crippen molar-refractivity contribution in [1.82, 2.24) is 19.1 Å². The van der Waals surface area contributed by atoms with Crippen molar-refractivity contribution in [3.63, 3.8) is 0 Å². The Bertz CT molecular complexity index is 1360. The second-order valence-corrected chi connectivity index (χ2v) is 10.4. The van der Waals surface area contributed by atoms with Crippen molar-refractivity contribution >= 4 is 28.6 Å². The van der Waals surface area contributed by atoms with E-state index in [4.69, 9.17) is 5.73 Å². The molecule has 5 rings (SSSR count). The average Bonchev–Trinajstić information content (AvgIpc) is 3.48. The Morgan fingerprint density at radius 3 is 2.63 bits per heavy atom. The highest BCUT2D eigenvalue weighted by atomic mass is 32.2. The number of fused-ring (bicyclic) bond motifs is 1. The number of hydrogen-bond donors (Lipinski definition) is 1. The van der Waals surface area contributed by atoms with Gasteiger partial charge in [0, 0.05) is 12.1 Å². The van der Waals surface area contributed by atoms with Crippen LogP contribution in [0.5, 0.6) is 0 Å². The fraction of sp³-hybridized carbons (Fsp3) is 0.480. The van der Waals surface area contributed by atoms with E-state index >= 15 is 0 Å². The molecule has 0 amide bonds. The van der Waals surface area contributed by atoms with Gasteiger partial charge in [0.15, 0.2) is 0 Å². The number of anilines is 1. The summed E-state index contributed by atoms with van der Waals surface area (Å²) in [7, 11) is 0. The molecule has 0 radical (unpaired) electrons. The molecule has 1 unspecified atom stereocenters. The third kappa shape index (κ3) is 4.92. The molecule has 2 aliphatic rings. The molecule has 2 fully saturated rings. The van der Waals surface area contributed by atoms with Gasteiger partial charge in [-0.1, -0.05) is 31.1 Å². The second kappa shape index (κ2) is 9.61. The molecule has 184 valence electrons. The van der Waals surface area contributed by atoms with Crippen molar-refractivity contribution in [2.45, 2.75) is 69.0 Å². The average molecular weight is 502 g/mol. The van der Waals surface area contributed by atoms with E-state index in [1.165, 1.54) is 6.07 Å². The van der Waals surface area contributed by atoms with Crippen LogP contribution in [0.15, 0.2) is 29.2 Å². The molecule has 10 heteroatoms. The Hall–Kier alpha value is -2.93. The highest BCUT2D eigenvalue weighted by molar-refractivity contribution is 7.99. The molecule has 0 bridgehead atoms. The molecule has 0 spiro atoms. The highest BCUT2D eigenvalue weighted by Crippen LogP contribution is 2.36. The molecule has 35 heavy (non-hydrogen) atoms. The minimum atomic E-state index is -4.42. The first kappa shape index (κ1) is 23.8.